The first-order chi connectivity index (χ1) is 14.7. The van der Waals surface area contributed by atoms with E-state index < -0.39 is 6.10 Å². The molecule has 0 bridgehead atoms. The summed E-state index contributed by atoms with van der Waals surface area (Å²) in [6.07, 6.45) is 0.460. The molecular formula is C24H34N2O4. The van der Waals surface area contributed by atoms with Crippen molar-refractivity contribution < 1.29 is 19.3 Å². The highest BCUT2D eigenvalue weighted by atomic mass is 16.5. The summed E-state index contributed by atoms with van der Waals surface area (Å²) in [6.45, 7) is 7.82. The summed E-state index contributed by atoms with van der Waals surface area (Å²) in [5, 5.41) is 13.8. The van der Waals surface area contributed by atoms with Crippen LogP contribution in [0.5, 0.6) is 11.5 Å². The highest BCUT2D eigenvalue weighted by Crippen LogP contribution is 2.28. The van der Waals surface area contributed by atoms with Gasteiger partial charge in [-0.05, 0) is 48.7 Å². The van der Waals surface area contributed by atoms with Crippen molar-refractivity contribution in [2.24, 2.45) is 0 Å². The van der Waals surface area contributed by atoms with E-state index in [0.29, 0.717) is 18.0 Å². The quantitative estimate of drug-likeness (QED) is 0.551. The molecular weight excluding hydrogens is 380 g/mol. The minimum atomic E-state index is -0.546. The van der Waals surface area contributed by atoms with Crippen molar-refractivity contribution in [3.63, 3.8) is 0 Å². The summed E-state index contributed by atoms with van der Waals surface area (Å²) in [5.41, 5.74) is 3.85. The average molecular weight is 415 g/mol. The summed E-state index contributed by atoms with van der Waals surface area (Å²) in [6, 6.07) is 14.4. The van der Waals surface area contributed by atoms with E-state index in [1.54, 1.807) is 7.11 Å². The lowest BCUT2D eigenvalue weighted by atomic mass is 10.1. The number of benzene rings is 2. The average Bonchev–Trinajstić information content (AvgIpc) is 2.77. The largest absolute Gasteiger partial charge is 0.493 e. The molecule has 1 atom stereocenters. The van der Waals surface area contributed by atoms with E-state index >= 15 is 0 Å². The zero-order valence-electron chi connectivity index (χ0n) is 18.1. The third kappa shape index (κ3) is 6.99. The van der Waals surface area contributed by atoms with Crippen molar-refractivity contribution in [1.29, 1.82) is 0 Å². The van der Waals surface area contributed by atoms with Gasteiger partial charge in [0.1, 0.15) is 12.7 Å². The Morgan fingerprint density at radius 3 is 2.70 bits per heavy atom. The lowest BCUT2D eigenvalue weighted by Crippen LogP contribution is -2.42. The van der Waals surface area contributed by atoms with Gasteiger partial charge in [-0.2, -0.15) is 0 Å². The lowest BCUT2D eigenvalue weighted by Gasteiger charge is -2.28. The fraction of sp³-hybridized carbons (Fsp3) is 0.500. The first-order valence-corrected chi connectivity index (χ1v) is 10.7. The number of rotatable bonds is 11. The van der Waals surface area contributed by atoms with Crippen molar-refractivity contribution >= 4 is 0 Å². The van der Waals surface area contributed by atoms with Gasteiger partial charge in [0.05, 0.1) is 20.3 Å². The summed E-state index contributed by atoms with van der Waals surface area (Å²) in [4.78, 5) is 2.19. The normalized spacial score (nSPS) is 15.7. The number of methoxy groups -OCH3 is 1. The molecule has 30 heavy (non-hydrogen) atoms. The highest BCUT2D eigenvalue weighted by Gasteiger charge is 2.16. The number of ether oxygens (including phenoxy) is 3. The summed E-state index contributed by atoms with van der Waals surface area (Å²) >= 11 is 0. The molecule has 1 aliphatic rings. The maximum Gasteiger partial charge on any atom is 0.161 e. The Morgan fingerprint density at radius 2 is 1.93 bits per heavy atom. The number of morpholine rings is 1. The molecule has 1 heterocycles. The molecule has 6 nitrogen and oxygen atoms in total. The molecule has 0 saturated carbocycles. The molecule has 2 N–H and O–H groups in total. The topological polar surface area (TPSA) is 63.2 Å². The molecule has 1 unspecified atom stereocenters. The smallest absolute Gasteiger partial charge is 0.161 e. The number of nitrogens with zero attached hydrogens (tertiary/aromatic N) is 1. The maximum atomic E-state index is 10.3. The van der Waals surface area contributed by atoms with Gasteiger partial charge in [0, 0.05) is 26.2 Å². The van der Waals surface area contributed by atoms with Crippen molar-refractivity contribution in [3.8, 4) is 11.5 Å². The van der Waals surface area contributed by atoms with Crippen molar-refractivity contribution in [3.05, 3.63) is 59.2 Å². The number of β-amino-alcohol motifs (C(OH)–C–C–N with tert-alkyl or cyclic N) is 1. The SMILES string of the molecule is COc1cc(CNCCc2ccccc2C)ccc1OCC(O)CN1CCOCC1. The first-order valence-electron chi connectivity index (χ1n) is 10.7. The summed E-state index contributed by atoms with van der Waals surface area (Å²) in [5.74, 6) is 1.34. The number of aliphatic hydroxyl groups excluding tert-OH is 1. The highest BCUT2D eigenvalue weighted by molar-refractivity contribution is 5.43. The summed E-state index contributed by atoms with van der Waals surface area (Å²) < 4.78 is 16.7. The third-order valence-corrected chi connectivity index (χ3v) is 5.39. The molecule has 2 aromatic carbocycles. The van der Waals surface area contributed by atoms with Crippen LogP contribution in [0.25, 0.3) is 0 Å². The summed E-state index contributed by atoms with van der Waals surface area (Å²) in [7, 11) is 1.64. The minimum Gasteiger partial charge on any atom is -0.493 e. The van der Waals surface area contributed by atoms with Crippen LogP contribution in [0.3, 0.4) is 0 Å². The number of aliphatic hydroxyl groups is 1. The molecule has 3 rings (SSSR count). The van der Waals surface area contributed by atoms with E-state index in [2.05, 4.69) is 41.4 Å². The van der Waals surface area contributed by atoms with E-state index in [1.165, 1.54) is 11.1 Å². The molecule has 2 aromatic rings. The van der Waals surface area contributed by atoms with Crippen LogP contribution in [0, 0.1) is 6.92 Å². The Labute approximate surface area is 179 Å². The monoisotopic (exact) mass is 414 g/mol. The molecule has 164 valence electrons. The Kier molecular flexibility index (Phi) is 8.96. The van der Waals surface area contributed by atoms with Crippen LogP contribution in [0.4, 0.5) is 0 Å². The van der Waals surface area contributed by atoms with Gasteiger partial charge in [-0.1, -0.05) is 30.3 Å². The van der Waals surface area contributed by atoms with Crippen LogP contribution in [0.15, 0.2) is 42.5 Å². The van der Waals surface area contributed by atoms with Crippen LogP contribution in [-0.2, 0) is 17.7 Å². The lowest BCUT2D eigenvalue weighted by molar-refractivity contribution is 0.00445. The second-order valence-corrected chi connectivity index (χ2v) is 7.72. The Balaban J connectivity index is 1.43. The van der Waals surface area contributed by atoms with Gasteiger partial charge in [-0.15, -0.1) is 0 Å². The van der Waals surface area contributed by atoms with Crippen LogP contribution in [0.1, 0.15) is 16.7 Å². The van der Waals surface area contributed by atoms with E-state index in [0.717, 1.165) is 51.4 Å². The zero-order valence-corrected chi connectivity index (χ0v) is 18.1. The second-order valence-electron chi connectivity index (χ2n) is 7.72. The van der Waals surface area contributed by atoms with Gasteiger partial charge in [0.25, 0.3) is 0 Å². The van der Waals surface area contributed by atoms with E-state index in [4.69, 9.17) is 14.2 Å². The Morgan fingerprint density at radius 1 is 1.13 bits per heavy atom. The predicted molar refractivity (Wildman–Crippen MR) is 118 cm³/mol. The van der Waals surface area contributed by atoms with Gasteiger partial charge in [0.2, 0.25) is 0 Å². The Hall–Kier alpha value is -2.12. The molecule has 0 radical (unpaired) electrons. The fourth-order valence-corrected chi connectivity index (χ4v) is 3.61. The van der Waals surface area contributed by atoms with Crippen molar-refractivity contribution in [2.45, 2.75) is 26.0 Å². The number of aryl methyl sites for hydroxylation is 1. The molecule has 1 aliphatic heterocycles. The minimum absolute atomic E-state index is 0.238. The van der Waals surface area contributed by atoms with Crippen molar-refractivity contribution in [1.82, 2.24) is 10.2 Å². The standard InChI is InChI=1S/C24H34N2O4/c1-19-5-3-4-6-21(19)9-10-25-16-20-7-8-23(24(15-20)28-2)30-18-22(27)17-26-11-13-29-14-12-26/h3-8,15,22,25,27H,9-14,16-18H2,1-2H3. The first kappa shape index (κ1) is 22.6. The van der Waals surface area contributed by atoms with E-state index in [1.807, 2.05) is 18.2 Å². The van der Waals surface area contributed by atoms with Gasteiger partial charge in [0.15, 0.2) is 11.5 Å². The molecule has 6 heteroatoms. The van der Waals surface area contributed by atoms with E-state index in [-0.39, 0.29) is 6.61 Å². The van der Waals surface area contributed by atoms with Crippen molar-refractivity contribution in [2.75, 3.05) is 53.1 Å². The number of hydrogen-bond acceptors (Lipinski definition) is 6. The van der Waals surface area contributed by atoms with Gasteiger partial charge in [-0.25, -0.2) is 0 Å². The molecule has 0 aromatic heterocycles. The molecule has 1 saturated heterocycles. The van der Waals surface area contributed by atoms with Crippen LogP contribution >= 0.6 is 0 Å². The second kappa shape index (κ2) is 11.9. The zero-order chi connectivity index (χ0) is 21.2. The van der Waals surface area contributed by atoms with Gasteiger partial charge < -0.3 is 24.6 Å². The predicted octanol–water partition coefficient (Wildman–Crippen LogP) is 2.41. The fourth-order valence-electron chi connectivity index (χ4n) is 3.61. The van der Waals surface area contributed by atoms with Gasteiger partial charge in [-0.3, -0.25) is 4.90 Å². The Bertz CT molecular complexity index is 778. The molecule has 1 fully saturated rings. The van der Waals surface area contributed by atoms with Crippen LogP contribution in [0.2, 0.25) is 0 Å². The van der Waals surface area contributed by atoms with Gasteiger partial charge >= 0.3 is 0 Å². The third-order valence-electron chi connectivity index (χ3n) is 5.39. The number of hydrogen-bond donors (Lipinski definition) is 2. The molecule has 0 aliphatic carbocycles. The molecule has 0 spiro atoms. The number of nitrogens with one attached hydrogen (secondary N) is 1. The molecule has 0 amide bonds. The maximum absolute atomic E-state index is 10.3. The van der Waals surface area contributed by atoms with E-state index in [9.17, 15) is 5.11 Å². The van der Waals surface area contributed by atoms with Crippen LogP contribution < -0.4 is 14.8 Å². The van der Waals surface area contributed by atoms with Crippen LogP contribution in [-0.4, -0.2) is 69.2 Å².